The Bertz CT molecular complexity index is 1120. The van der Waals surface area contributed by atoms with Crippen LogP contribution in [0, 0.1) is 10.1 Å². The maximum atomic E-state index is 12.7. The summed E-state index contributed by atoms with van der Waals surface area (Å²) in [6, 6.07) is 11.8. The van der Waals surface area contributed by atoms with E-state index >= 15 is 0 Å². The molecule has 176 valence electrons. The molecule has 0 spiro atoms. The number of rotatable bonds is 7. The van der Waals surface area contributed by atoms with Gasteiger partial charge in [0.25, 0.3) is 17.5 Å². The molecule has 11 heteroatoms. The second-order valence-corrected chi connectivity index (χ2v) is 7.65. The van der Waals surface area contributed by atoms with Gasteiger partial charge < -0.3 is 19.7 Å². The number of nitro groups is 1. The quantitative estimate of drug-likeness (QED) is 0.285. The van der Waals surface area contributed by atoms with Crippen molar-refractivity contribution in [3.63, 3.8) is 0 Å². The van der Waals surface area contributed by atoms with Gasteiger partial charge in [-0.05, 0) is 29.3 Å². The minimum absolute atomic E-state index is 0.00997. The van der Waals surface area contributed by atoms with Gasteiger partial charge in [0, 0.05) is 25.2 Å². The number of hydrogen-bond donors (Lipinski definition) is 1. The molecule has 4 amide bonds. The summed E-state index contributed by atoms with van der Waals surface area (Å²) in [5.41, 5.74) is 1.29. The Kier molecular flexibility index (Phi) is 6.83. The standard InChI is InChI=1S/C23H22N4O7/c28-21(25-9-11-33-12-10-25)15-34-19-7-3-16(4-8-19)13-20-22(29)26(23(30)24-20)14-17-1-5-18(6-2-17)27(31)32/h1-8,13H,9-12,14-15H2,(H,24,30)/b20-13-. The summed E-state index contributed by atoms with van der Waals surface area (Å²) in [7, 11) is 0. The molecule has 0 bridgehead atoms. The fourth-order valence-electron chi connectivity index (χ4n) is 3.50. The number of benzene rings is 2. The smallest absolute Gasteiger partial charge is 0.329 e. The van der Waals surface area contributed by atoms with Crippen molar-refractivity contribution in [1.29, 1.82) is 0 Å². The van der Waals surface area contributed by atoms with Gasteiger partial charge >= 0.3 is 6.03 Å². The number of hydrogen-bond acceptors (Lipinski definition) is 7. The highest BCUT2D eigenvalue weighted by molar-refractivity contribution is 6.13. The molecule has 0 aliphatic carbocycles. The minimum Gasteiger partial charge on any atom is -0.484 e. The van der Waals surface area contributed by atoms with Gasteiger partial charge in [0.05, 0.1) is 24.7 Å². The zero-order chi connectivity index (χ0) is 24.1. The number of imide groups is 1. The highest BCUT2D eigenvalue weighted by Gasteiger charge is 2.33. The van der Waals surface area contributed by atoms with Crippen LogP contribution in [-0.4, -0.2) is 65.5 Å². The first-order chi connectivity index (χ1) is 16.4. The number of amides is 4. The van der Waals surface area contributed by atoms with E-state index in [1.807, 2.05) is 0 Å². The lowest BCUT2D eigenvalue weighted by atomic mass is 10.1. The summed E-state index contributed by atoms with van der Waals surface area (Å²) in [5.74, 6) is -0.105. The van der Waals surface area contributed by atoms with Crippen molar-refractivity contribution in [2.75, 3.05) is 32.9 Å². The number of ether oxygens (including phenoxy) is 2. The average Bonchev–Trinajstić information content (AvgIpc) is 3.11. The summed E-state index contributed by atoms with van der Waals surface area (Å²) in [6.45, 7) is 2.06. The molecule has 0 aromatic heterocycles. The summed E-state index contributed by atoms with van der Waals surface area (Å²) in [6.07, 6.45) is 1.54. The van der Waals surface area contributed by atoms with Gasteiger partial charge in [-0.25, -0.2) is 4.79 Å². The van der Waals surface area contributed by atoms with Crippen molar-refractivity contribution in [2.45, 2.75) is 6.54 Å². The fraction of sp³-hybridized carbons (Fsp3) is 0.261. The van der Waals surface area contributed by atoms with Crippen LogP contribution in [-0.2, 0) is 20.9 Å². The first-order valence-corrected chi connectivity index (χ1v) is 10.6. The monoisotopic (exact) mass is 466 g/mol. The molecule has 1 N–H and O–H groups in total. The SMILES string of the molecule is O=C(COc1ccc(/C=C2\NC(=O)N(Cc3ccc([N+](=O)[O-])cc3)C2=O)cc1)N1CCOCC1. The first-order valence-electron chi connectivity index (χ1n) is 10.6. The molecule has 0 saturated carbocycles. The fourth-order valence-corrected chi connectivity index (χ4v) is 3.50. The van der Waals surface area contributed by atoms with E-state index in [4.69, 9.17) is 9.47 Å². The zero-order valence-electron chi connectivity index (χ0n) is 18.1. The number of nitrogens with one attached hydrogen (secondary N) is 1. The van der Waals surface area contributed by atoms with Crippen LogP contribution < -0.4 is 10.1 Å². The van der Waals surface area contributed by atoms with Crippen LogP contribution in [0.4, 0.5) is 10.5 Å². The zero-order valence-corrected chi connectivity index (χ0v) is 18.1. The third-order valence-corrected chi connectivity index (χ3v) is 5.37. The molecule has 0 unspecified atom stereocenters. The molecular weight excluding hydrogens is 444 g/mol. The van der Waals surface area contributed by atoms with E-state index in [9.17, 15) is 24.5 Å². The van der Waals surface area contributed by atoms with E-state index < -0.39 is 16.9 Å². The predicted octanol–water partition coefficient (Wildman–Crippen LogP) is 1.93. The van der Waals surface area contributed by atoms with Gasteiger partial charge in [-0.1, -0.05) is 24.3 Å². The van der Waals surface area contributed by atoms with Gasteiger partial charge in [0.2, 0.25) is 0 Å². The molecule has 2 fully saturated rings. The third kappa shape index (κ3) is 5.38. The van der Waals surface area contributed by atoms with Crippen molar-refractivity contribution in [3.05, 3.63) is 75.5 Å². The van der Waals surface area contributed by atoms with Gasteiger partial charge in [-0.15, -0.1) is 0 Å². The number of morpholine rings is 1. The van der Waals surface area contributed by atoms with Crippen LogP contribution in [0.1, 0.15) is 11.1 Å². The van der Waals surface area contributed by atoms with Crippen LogP contribution in [0.15, 0.2) is 54.2 Å². The first kappa shape index (κ1) is 22.9. The predicted molar refractivity (Wildman–Crippen MR) is 119 cm³/mol. The lowest BCUT2D eigenvalue weighted by Gasteiger charge is -2.26. The maximum absolute atomic E-state index is 12.7. The van der Waals surface area contributed by atoms with Crippen molar-refractivity contribution >= 4 is 29.6 Å². The lowest BCUT2D eigenvalue weighted by molar-refractivity contribution is -0.384. The number of carbonyl (C=O) groups excluding carboxylic acids is 3. The molecule has 0 atom stereocenters. The maximum Gasteiger partial charge on any atom is 0.329 e. The number of nitro benzene ring substituents is 1. The van der Waals surface area contributed by atoms with Crippen molar-refractivity contribution < 1.29 is 28.8 Å². The van der Waals surface area contributed by atoms with Crippen LogP contribution in [0.2, 0.25) is 0 Å². The molecule has 34 heavy (non-hydrogen) atoms. The lowest BCUT2D eigenvalue weighted by Crippen LogP contribution is -2.42. The number of urea groups is 1. The van der Waals surface area contributed by atoms with Crippen molar-refractivity contribution in [1.82, 2.24) is 15.1 Å². The van der Waals surface area contributed by atoms with Crippen LogP contribution >= 0.6 is 0 Å². The molecule has 11 nitrogen and oxygen atoms in total. The molecule has 4 rings (SSSR count). The Morgan fingerprint density at radius 3 is 2.41 bits per heavy atom. The van der Waals surface area contributed by atoms with Crippen molar-refractivity contribution in [3.8, 4) is 5.75 Å². The summed E-state index contributed by atoms with van der Waals surface area (Å²) < 4.78 is 10.8. The largest absolute Gasteiger partial charge is 0.484 e. The Morgan fingerprint density at radius 2 is 1.76 bits per heavy atom. The summed E-state index contributed by atoms with van der Waals surface area (Å²) >= 11 is 0. The normalized spacial score (nSPS) is 17.1. The van der Waals surface area contributed by atoms with Gasteiger partial charge in [-0.3, -0.25) is 24.6 Å². The highest BCUT2D eigenvalue weighted by Crippen LogP contribution is 2.20. The van der Waals surface area contributed by atoms with Crippen LogP contribution in [0.5, 0.6) is 5.75 Å². The third-order valence-electron chi connectivity index (χ3n) is 5.37. The average molecular weight is 466 g/mol. The molecule has 2 aromatic rings. The van der Waals surface area contributed by atoms with Gasteiger partial charge in [0.15, 0.2) is 6.61 Å². The molecule has 2 aromatic carbocycles. The molecule has 2 saturated heterocycles. The van der Waals surface area contributed by atoms with E-state index in [1.54, 1.807) is 35.2 Å². The number of non-ortho nitro benzene ring substituents is 1. The second-order valence-electron chi connectivity index (χ2n) is 7.65. The van der Waals surface area contributed by atoms with Gasteiger partial charge in [0.1, 0.15) is 11.4 Å². The van der Waals surface area contributed by atoms with E-state index in [0.717, 1.165) is 4.90 Å². The number of nitrogens with zero attached hydrogens (tertiary/aromatic N) is 3. The number of carbonyl (C=O) groups is 3. The molecule has 2 heterocycles. The molecule has 2 aliphatic heterocycles. The van der Waals surface area contributed by atoms with E-state index in [0.29, 0.717) is 43.2 Å². The van der Waals surface area contributed by atoms with Gasteiger partial charge in [-0.2, -0.15) is 0 Å². The molecule has 0 radical (unpaired) electrons. The summed E-state index contributed by atoms with van der Waals surface area (Å²) in [4.78, 5) is 50.1. The van der Waals surface area contributed by atoms with Crippen molar-refractivity contribution in [2.24, 2.45) is 0 Å². The topological polar surface area (TPSA) is 131 Å². The van der Waals surface area contributed by atoms with E-state index in [-0.39, 0.29) is 30.4 Å². The Morgan fingerprint density at radius 1 is 1.09 bits per heavy atom. The molecular formula is C23H22N4O7. The van der Waals surface area contributed by atoms with Crippen LogP contribution in [0.25, 0.3) is 6.08 Å². The van der Waals surface area contributed by atoms with E-state index in [1.165, 1.54) is 24.3 Å². The second kappa shape index (κ2) is 10.1. The Labute approximate surface area is 194 Å². The van der Waals surface area contributed by atoms with Crippen LogP contribution in [0.3, 0.4) is 0 Å². The van der Waals surface area contributed by atoms with E-state index in [2.05, 4.69) is 5.32 Å². The molecule has 2 aliphatic rings. The minimum atomic E-state index is -0.573. The summed E-state index contributed by atoms with van der Waals surface area (Å²) in [5, 5.41) is 13.3. The highest BCUT2D eigenvalue weighted by atomic mass is 16.6. The Hall–Kier alpha value is -4.25. The Balaban J connectivity index is 1.35.